The lowest BCUT2D eigenvalue weighted by molar-refractivity contribution is 1.10. The molecule has 0 fully saturated rings. The first-order chi connectivity index (χ1) is 19.8. The lowest BCUT2D eigenvalue weighted by atomic mass is 10.1. The molecule has 0 spiro atoms. The van der Waals surface area contributed by atoms with Gasteiger partial charge in [-0.2, -0.15) is 0 Å². The highest BCUT2D eigenvalue weighted by atomic mass is 32.1. The van der Waals surface area contributed by atoms with Crippen LogP contribution in [0, 0.1) is 0 Å². The lowest BCUT2D eigenvalue weighted by Crippen LogP contribution is -1.98. The Morgan fingerprint density at radius 3 is 2.12 bits per heavy atom. The molecule has 3 aromatic heterocycles. The molecule has 4 nitrogen and oxygen atoms in total. The largest absolute Gasteiger partial charge is 0.292 e. The van der Waals surface area contributed by atoms with Crippen molar-refractivity contribution >= 4 is 42.7 Å². The molecule has 3 heterocycles. The lowest BCUT2D eigenvalue weighted by Gasteiger charge is -2.11. The number of hydrogen-bond acceptors (Lipinski definition) is 4. The van der Waals surface area contributed by atoms with Gasteiger partial charge in [0.2, 0.25) is 0 Å². The summed E-state index contributed by atoms with van der Waals surface area (Å²) in [7, 11) is 0. The van der Waals surface area contributed by atoms with E-state index in [0.717, 1.165) is 60.5 Å². The van der Waals surface area contributed by atoms with Crippen LogP contribution in [0.3, 0.4) is 0 Å². The third-order valence-corrected chi connectivity index (χ3v) is 8.39. The first-order valence-electron chi connectivity index (χ1n) is 13.2. The second kappa shape index (κ2) is 9.26. The summed E-state index contributed by atoms with van der Waals surface area (Å²) in [6.45, 7) is 0. The minimum atomic E-state index is 0.708. The average molecular weight is 531 g/mol. The molecular formula is C35H22N4S. The number of thiophene rings is 1. The molecule has 0 aliphatic carbocycles. The molecular weight excluding hydrogens is 508 g/mol. The van der Waals surface area contributed by atoms with Crippen molar-refractivity contribution in [1.82, 2.24) is 19.5 Å². The number of benzene rings is 5. The van der Waals surface area contributed by atoms with Gasteiger partial charge in [-0.05, 0) is 36.4 Å². The summed E-state index contributed by atoms with van der Waals surface area (Å²) < 4.78 is 4.55. The Kier molecular flexibility index (Phi) is 5.28. The van der Waals surface area contributed by atoms with Crippen LogP contribution >= 0.6 is 11.3 Å². The number of imidazole rings is 1. The molecule has 5 heteroatoms. The second-order valence-corrected chi connectivity index (χ2v) is 10.8. The Balaban J connectivity index is 1.36. The van der Waals surface area contributed by atoms with Gasteiger partial charge in [-0.1, -0.05) is 97.1 Å². The van der Waals surface area contributed by atoms with Crippen LogP contribution in [0.4, 0.5) is 0 Å². The predicted molar refractivity (Wildman–Crippen MR) is 166 cm³/mol. The molecule has 0 saturated carbocycles. The zero-order valence-electron chi connectivity index (χ0n) is 21.4. The summed E-state index contributed by atoms with van der Waals surface area (Å²) in [5.41, 5.74) is 8.12. The second-order valence-electron chi connectivity index (χ2n) is 9.71. The molecule has 0 saturated heterocycles. The van der Waals surface area contributed by atoms with E-state index in [9.17, 15) is 0 Å². The highest BCUT2D eigenvalue weighted by Crippen LogP contribution is 2.39. The first kappa shape index (κ1) is 22.8. The normalized spacial score (nSPS) is 11.5. The van der Waals surface area contributed by atoms with Crippen molar-refractivity contribution in [3.05, 3.63) is 133 Å². The third-order valence-electron chi connectivity index (χ3n) is 7.22. The Morgan fingerprint density at radius 2 is 1.25 bits per heavy atom. The van der Waals surface area contributed by atoms with E-state index in [4.69, 9.17) is 15.0 Å². The Hall–Kier alpha value is -5.13. The van der Waals surface area contributed by atoms with E-state index in [2.05, 4.69) is 120 Å². The molecule has 8 rings (SSSR count). The molecule has 0 bridgehead atoms. The maximum atomic E-state index is 5.17. The van der Waals surface area contributed by atoms with Gasteiger partial charge in [0.1, 0.15) is 5.82 Å². The summed E-state index contributed by atoms with van der Waals surface area (Å²) in [5, 5.41) is 1.16. The quantitative estimate of drug-likeness (QED) is 0.228. The molecule has 5 aromatic carbocycles. The average Bonchev–Trinajstić information content (AvgIpc) is 3.60. The molecule has 0 aliphatic rings. The van der Waals surface area contributed by atoms with Crippen LogP contribution in [0.25, 0.3) is 71.1 Å². The van der Waals surface area contributed by atoms with Crippen molar-refractivity contribution in [2.75, 3.05) is 0 Å². The van der Waals surface area contributed by atoms with Crippen molar-refractivity contribution in [3.8, 4) is 39.7 Å². The van der Waals surface area contributed by atoms with Gasteiger partial charge in [0.25, 0.3) is 0 Å². The highest BCUT2D eigenvalue weighted by molar-refractivity contribution is 7.26. The van der Waals surface area contributed by atoms with Crippen LogP contribution < -0.4 is 0 Å². The van der Waals surface area contributed by atoms with Crippen molar-refractivity contribution < 1.29 is 0 Å². The predicted octanol–water partition coefficient (Wildman–Crippen LogP) is 9.18. The van der Waals surface area contributed by atoms with E-state index < -0.39 is 0 Å². The Bertz CT molecular complexity index is 2160. The molecule has 188 valence electrons. The molecule has 0 atom stereocenters. The van der Waals surface area contributed by atoms with E-state index in [0.29, 0.717) is 5.82 Å². The van der Waals surface area contributed by atoms with Gasteiger partial charge in [-0.3, -0.25) is 4.57 Å². The van der Waals surface area contributed by atoms with Crippen molar-refractivity contribution in [3.63, 3.8) is 0 Å². The minimum Gasteiger partial charge on any atom is -0.292 e. The number of nitrogens with zero attached hydrogens (tertiary/aromatic N) is 4. The van der Waals surface area contributed by atoms with Gasteiger partial charge in [-0.25, -0.2) is 15.0 Å². The van der Waals surface area contributed by atoms with E-state index in [-0.39, 0.29) is 0 Å². The van der Waals surface area contributed by atoms with Gasteiger partial charge >= 0.3 is 0 Å². The molecule has 0 N–H and O–H groups in total. The minimum absolute atomic E-state index is 0.708. The van der Waals surface area contributed by atoms with Crippen LogP contribution in [0.15, 0.2) is 133 Å². The van der Waals surface area contributed by atoms with Gasteiger partial charge in [0.05, 0.1) is 26.9 Å². The van der Waals surface area contributed by atoms with E-state index in [1.807, 2.05) is 18.2 Å². The van der Waals surface area contributed by atoms with E-state index in [1.54, 1.807) is 11.3 Å². The molecule has 0 radical (unpaired) electrons. The number of aromatic nitrogens is 4. The molecule has 0 amide bonds. The molecule has 0 aliphatic heterocycles. The fourth-order valence-corrected chi connectivity index (χ4v) is 6.52. The van der Waals surface area contributed by atoms with Crippen LogP contribution in [-0.2, 0) is 0 Å². The van der Waals surface area contributed by atoms with Gasteiger partial charge < -0.3 is 0 Å². The number of rotatable bonds is 4. The molecule has 0 unspecified atom stereocenters. The maximum Gasteiger partial charge on any atom is 0.160 e. The summed E-state index contributed by atoms with van der Waals surface area (Å²) >= 11 is 1.75. The Morgan fingerprint density at radius 1 is 0.550 bits per heavy atom. The van der Waals surface area contributed by atoms with Crippen molar-refractivity contribution in [2.45, 2.75) is 0 Å². The van der Waals surface area contributed by atoms with Crippen LogP contribution in [-0.4, -0.2) is 19.5 Å². The first-order valence-corrected chi connectivity index (χ1v) is 14.0. The zero-order chi connectivity index (χ0) is 26.5. The summed E-state index contributed by atoms with van der Waals surface area (Å²) in [6, 6.07) is 46.0. The van der Waals surface area contributed by atoms with E-state index in [1.165, 1.54) is 4.70 Å². The van der Waals surface area contributed by atoms with Gasteiger partial charge in [0.15, 0.2) is 5.82 Å². The topological polar surface area (TPSA) is 43.6 Å². The summed E-state index contributed by atoms with van der Waals surface area (Å²) in [5.74, 6) is 1.60. The fourth-order valence-electron chi connectivity index (χ4n) is 5.37. The third kappa shape index (κ3) is 3.71. The number of fused-ring (bicyclic) bond motifs is 4. The van der Waals surface area contributed by atoms with Crippen molar-refractivity contribution in [2.24, 2.45) is 0 Å². The van der Waals surface area contributed by atoms with Crippen molar-refractivity contribution in [1.29, 1.82) is 0 Å². The summed E-state index contributed by atoms with van der Waals surface area (Å²) in [4.78, 5) is 15.4. The SMILES string of the molecule is c1ccc(-c2nc(-c3cccc(-c4nc5ccccc5n4-c4ccccc4)c3)nc3c2sc2ccccc23)cc1. The Labute approximate surface area is 234 Å². The van der Waals surface area contributed by atoms with Crippen LogP contribution in [0.1, 0.15) is 0 Å². The standard InChI is InChI=1S/C35H22N4S/c1-3-12-23(13-4-1)31-33-32(27-18-7-10-21-30(27)40-33)38-34(37-31)24-14-11-15-25(22-24)35-36-28-19-8-9-20-29(28)39(35)26-16-5-2-6-17-26/h1-22H. The number of hydrogen-bond donors (Lipinski definition) is 0. The fraction of sp³-hybridized carbons (Fsp3) is 0. The zero-order valence-corrected chi connectivity index (χ0v) is 22.2. The van der Waals surface area contributed by atoms with E-state index >= 15 is 0 Å². The van der Waals surface area contributed by atoms with Crippen LogP contribution in [0.5, 0.6) is 0 Å². The highest BCUT2D eigenvalue weighted by Gasteiger charge is 2.18. The van der Waals surface area contributed by atoms with Gasteiger partial charge in [-0.15, -0.1) is 11.3 Å². The molecule has 8 aromatic rings. The number of para-hydroxylation sites is 3. The van der Waals surface area contributed by atoms with Gasteiger partial charge in [0, 0.05) is 32.5 Å². The van der Waals surface area contributed by atoms with Crippen LogP contribution in [0.2, 0.25) is 0 Å². The summed E-state index contributed by atoms with van der Waals surface area (Å²) in [6.07, 6.45) is 0. The smallest absolute Gasteiger partial charge is 0.160 e. The monoisotopic (exact) mass is 530 g/mol. The molecule has 40 heavy (non-hydrogen) atoms. The maximum absolute atomic E-state index is 5.17.